The van der Waals surface area contributed by atoms with Crippen molar-refractivity contribution in [2.75, 3.05) is 12.3 Å². The Hall–Kier alpha value is -0.980. The van der Waals surface area contributed by atoms with Crippen molar-refractivity contribution in [1.29, 1.82) is 5.26 Å². The maximum Gasteiger partial charge on any atom is 0.103 e. The van der Waals surface area contributed by atoms with Crippen LogP contribution in [0.3, 0.4) is 0 Å². The van der Waals surface area contributed by atoms with Crippen LogP contribution in [0.5, 0.6) is 0 Å². The molecule has 0 aliphatic carbocycles. The van der Waals surface area contributed by atoms with Gasteiger partial charge in [0.05, 0.1) is 6.07 Å². The molecule has 0 amide bonds. The molecule has 0 saturated carbocycles. The molecular weight excluding hydrogens is 264 g/mol. The van der Waals surface area contributed by atoms with Crippen LogP contribution in [-0.4, -0.2) is 17.8 Å². The molecule has 1 unspecified atom stereocenters. The van der Waals surface area contributed by atoms with Gasteiger partial charge in [-0.3, -0.25) is 5.32 Å². The minimum Gasteiger partial charge on any atom is -0.300 e. The van der Waals surface area contributed by atoms with Crippen molar-refractivity contribution in [2.45, 2.75) is 51.3 Å². The van der Waals surface area contributed by atoms with E-state index >= 15 is 0 Å². The third-order valence-corrected chi connectivity index (χ3v) is 4.59. The molecule has 0 radical (unpaired) electrons. The fraction of sp³-hybridized carbons (Fsp3) is 0.588. The molecule has 0 heterocycles. The quantitative estimate of drug-likeness (QED) is 0.689. The van der Waals surface area contributed by atoms with E-state index in [-0.39, 0.29) is 5.54 Å². The largest absolute Gasteiger partial charge is 0.300 e. The molecule has 0 aliphatic rings. The van der Waals surface area contributed by atoms with Gasteiger partial charge in [0, 0.05) is 5.75 Å². The monoisotopic (exact) mass is 290 g/mol. The zero-order valence-corrected chi connectivity index (χ0v) is 13.7. The van der Waals surface area contributed by atoms with Gasteiger partial charge >= 0.3 is 0 Å². The van der Waals surface area contributed by atoms with Gasteiger partial charge in [-0.05, 0) is 56.5 Å². The van der Waals surface area contributed by atoms with Gasteiger partial charge in [-0.2, -0.15) is 17.0 Å². The van der Waals surface area contributed by atoms with E-state index in [9.17, 15) is 5.26 Å². The summed E-state index contributed by atoms with van der Waals surface area (Å²) in [4.78, 5) is 0. The van der Waals surface area contributed by atoms with Gasteiger partial charge in [0.2, 0.25) is 0 Å². The van der Waals surface area contributed by atoms with Crippen LogP contribution in [-0.2, 0) is 5.75 Å². The average molecular weight is 290 g/mol. The van der Waals surface area contributed by atoms with Gasteiger partial charge in [0.25, 0.3) is 0 Å². The molecule has 1 aromatic rings. The maximum absolute atomic E-state index is 9.26. The Morgan fingerprint density at radius 1 is 1.35 bits per heavy atom. The SMILES string of the molecule is CCCNC(C)(C#N)CCCSCc1ccccc1C. The maximum atomic E-state index is 9.26. The molecule has 2 nitrogen and oxygen atoms in total. The predicted molar refractivity (Wildman–Crippen MR) is 88.9 cm³/mol. The molecule has 0 fully saturated rings. The zero-order chi connectivity index (χ0) is 14.8. The Morgan fingerprint density at radius 2 is 2.10 bits per heavy atom. The van der Waals surface area contributed by atoms with Crippen molar-refractivity contribution in [2.24, 2.45) is 0 Å². The zero-order valence-electron chi connectivity index (χ0n) is 12.9. The van der Waals surface area contributed by atoms with Crippen molar-refractivity contribution in [1.82, 2.24) is 5.32 Å². The van der Waals surface area contributed by atoms with Gasteiger partial charge in [-0.15, -0.1) is 0 Å². The lowest BCUT2D eigenvalue weighted by atomic mass is 9.98. The summed E-state index contributed by atoms with van der Waals surface area (Å²) in [5.74, 6) is 2.18. The van der Waals surface area contributed by atoms with Crippen LogP contribution in [0.1, 0.15) is 44.2 Å². The first-order valence-electron chi connectivity index (χ1n) is 7.40. The first-order valence-corrected chi connectivity index (χ1v) is 8.55. The third kappa shape index (κ3) is 5.98. The minimum atomic E-state index is -0.362. The molecule has 1 atom stereocenters. The number of benzene rings is 1. The van der Waals surface area contributed by atoms with Crippen molar-refractivity contribution in [3.8, 4) is 6.07 Å². The molecule has 0 aromatic heterocycles. The standard InChI is InChI=1S/C17H26N2S/c1-4-11-19-17(3,14-18)10-7-12-20-13-16-9-6-5-8-15(16)2/h5-6,8-9,19H,4,7,10-13H2,1-3H3. The molecule has 1 N–H and O–H groups in total. The number of nitrogens with zero attached hydrogens (tertiary/aromatic N) is 1. The van der Waals surface area contributed by atoms with Crippen molar-refractivity contribution in [3.63, 3.8) is 0 Å². The molecule has 0 spiro atoms. The summed E-state index contributed by atoms with van der Waals surface area (Å²) in [6.07, 6.45) is 3.07. The van der Waals surface area contributed by atoms with E-state index < -0.39 is 0 Å². The average Bonchev–Trinajstić information content (AvgIpc) is 2.46. The number of aryl methyl sites for hydroxylation is 1. The number of thioether (sulfide) groups is 1. The van der Waals surface area contributed by atoms with Crippen LogP contribution >= 0.6 is 11.8 Å². The summed E-state index contributed by atoms with van der Waals surface area (Å²) in [6.45, 7) is 7.22. The van der Waals surface area contributed by atoms with Crippen LogP contribution in [0, 0.1) is 18.3 Å². The molecule has 1 aromatic carbocycles. The number of nitrogens with one attached hydrogen (secondary N) is 1. The Bertz CT molecular complexity index is 439. The molecule has 3 heteroatoms. The lowest BCUT2D eigenvalue weighted by Crippen LogP contribution is -2.41. The Morgan fingerprint density at radius 3 is 2.75 bits per heavy atom. The normalized spacial score (nSPS) is 13.7. The van der Waals surface area contributed by atoms with E-state index in [1.807, 2.05) is 18.7 Å². The Kier molecular flexibility index (Phi) is 7.72. The van der Waals surface area contributed by atoms with Gasteiger partial charge in [0.15, 0.2) is 0 Å². The van der Waals surface area contributed by atoms with E-state index in [1.54, 1.807) is 0 Å². The van der Waals surface area contributed by atoms with E-state index in [0.717, 1.165) is 37.3 Å². The second kappa shape index (κ2) is 9.05. The molecular formula is C17H26N2S. The summed E-state index contributed by atoms with van der Waals surface area (Å²) >= 11 is 1.96. The summed E-state index contributed by atoms with van der Waals surface area (Å²) < 4.78 is 0. The highest BCUT2D eigenvalue weighted by Crippen LogP contribution is 2.19. The smallest absolute Gasteiger partial charge is 0.103 e. The van der Waals surface area contributed by atoms with Gasteiger partial charge < -0.3 is 0 Å². The summed E-state index contributed by atoms with van der Waals surface area (Å²) in [6, 6.07) is 11.0. The third-order valence-electron chi connectivity index (χ3n) is 3.50. The summed E-state index contributed by atoms with van der Waals surface area (Å²) in [7, 11) is 0. The second-order valence-electron chi connectivity index (χ2n) is 5.45. The molecule has 110 valence electrons. The highest BCUT2D eigenvalue weighted by atomic mass is 32.2. The molecule has 0 saturated heterocycles. The summed E-state index contributed by atoms with van der Waals surface area (Å²) in [5, 5.41) is 12.6. The van der Waals surface area contributed by atoms with Crippen LogP contribution in [0.4, 0.5) is 0 Å². The van der Waals surface area contributed by atoms with Crippen molar-refractivity contribution in [3.05, 3.63) is 35.4 Å². The van der Waals surface area contributed by atoms with E-state index in [0.29, 0.717) is 0 Å². The fourth-order valence-corrected chi connectivity index (χ4v) is 3.10. The number of nitriles is 1. The van der Waals surface area contributed by atoms with Crippen LogP contribution in [0.25, 0.3) is 0 Å². The van der Waals surface area contributed by atoms with Crippen LogP contribution in [0.2, 0.25) is 0 Å². The van der Waals surface area contributed by atoms with Gasteiger partial charge in [-0.1, -0.05) is 31.2 Å². The van der Waals surface area contributed by atoms with Gasteiger partial charge in [-0.25, -0.2) is 0 Å². The molecule has 1 rings (SSSR count). The first kappa shape index (κ1) is 17.1. The minimum absolute atomic E-state index is 0.362. The van der Waals surface area contributed by atoms with Crippen LogP contribution in [0.15, 0.2) is 24.3 Å². The van der Waals surface area contributed by atoms with Gasteiger partial charge in [0.1, 0.15) is 5.54 Å². The number of hydrogen-bond acceptors (Lipinski definition) is 3. The van der Waals surface area contributed by atoms with E-state index in [4.69, 9.17) is 0 Å². The van der Waals surface area contributed by atoms with Crippen molar-refractivity contribution >= 4 is 11.8 Å². The number of hydrogen-bond donors (Lipinski definition) is 1. The molecule has 0 aliphatic heterocycles. The Labute approximate surface area is 128 Å². The molecule has 0 bridgehead atoms. The summed E-state index contributed by atoms with van der Waals surface area (Å²) in [5.41, 5.74) is 2.43. The number of rotatable bonds is 9. The van der Waals surface area contributed by atoms with Crippen LogP contribution < -0.4 is 5.32 Å². The predicted octanol–water partition coefficient (Wildman–Crippen LogP) is 4.29. The highest BCUT2D eigenvalue weighted by Gasteiger charge is 2.21. The second-order valence-corrected chi connectivity index (χ2v) is 6.56. The van der Waals surface area contributed by atoms with E-state index in [1.165, 1.54) is 11.1 Å². The lowest BCUT2D eigenvalue weighted by Gasteiger charge is -2.22. The Balaban J connectivity index is 2.25. The van der Waals surface area contributed by atoms with E-state index in [2.05, 4.69) is 49.5 Å². The van der Waals surface area contributed by atoms with Crippen molar-refractivity contribution < 1.29 is 0 Å². The fourth-order valence-electron chi connectivity index (χ4n) is 2.07. The topological polar surface area (TPSA) is 35.8 Å². The highest BCUT2D eigenvalue weighted by molar-refractivity contribution is 7.98. The first-order chi connectivity index (χ1) is 9.61. The lowest BCUT2D eigenvalue weighted by molar-refractivity contribution is 0.415. The molecule has 20 heavy (non-hydrogen) atoms.